The van der Waals surface area contributed by atoms with E-state index >= 15 is 0 Å². The molecule has 0 heterocycles. The number of rotatable bonds is 7. The van der Waals surface area contributed by atoms with Crippen LogP contribution in [-0.2, 0) is 0 Å². The number of halogens is 3. The molecule has 0 fully saturated rings. The zero-order valence-electron chi connectivity index (χ0n) is 10.6. The molecule has 0 saturated heterocycles. The van der Waals surface area contributed by atoms with Crippen molar-refractivity contribution in [2.75, 3.05) is 18.6 Å². The Labute approximate surface area is 110 Å². The average molecular weight is 277 g/mol. The van der Waals surface area contributed by atoms with Crippen LogP contribution < -0.4 is 5.32 Å². The highest BCUT2D eigenvalue weighted by atomic mass is 32.2. The molecule has 102 valence electrons. The summed E-state index contributed by atoms with van der Waals surface area (Å²) in [5.41, 5.74) is 0.205. The molecule has 0 aliphatic heterocycles. The number of hydrogen-bond acceptors (Lipinski definition) is 2. The van der Waals surface area contributed by atoms with E-state index in [9.17, 15) is 13.2 Å². The Hall–Kier alpha value is -0.680. The van der Waals surface area contributed by atoms with Crippen molar-refractivity contribution in [2.45, 2.75) is 25.8 Å². The second-order valence-electron chi connectivity index (χ2n) is 4.05. The van der Waals surface area contributed by atoms with Gasteiger partial charge < -0.3 is 5.32 Å². The van der Waals surface area contributed by atoms with Gasteiger partial charge in [-0.15, -0.1) is 0 Å². The monoisotopic (exact) mass is 277 g/mol. The molecule has 0 spiro atoms. The van der Waals surface area contributed by atoms with Gasteiger partial charge in [0.05, 0.1) is 0 Å². The smallest absolute Gasteiger partial charge is 0.194 e. The van der Waals surface area contributed by atoms with Gasteiger partial charge in [-0.2, -0.15) is 11.8 Å². The van der Waals surface area contributed by atoms with Gasteiger partial charge in [0.15, 0.2) is 17.5 Å². The summed E-state index contributed by atoms with van der Waals surface area (Å²) >= 11 is 1.64. The van der Waals surface area contributed by atoms with Gasteiger partial charge >= 0.3 is 0 Å². The Bertz CT molecular complexity index is 377. The SMILES string of the molecule is CCCNC(CCSC)c1ccc(F)c(F)c1F. The second kappa shape index (κ2) is 7.69. The quantitative estimate of drug-likeness (QED) is 0.759. The van der Waals surface area contributed by atoms with E-state index in [1.54, 1.807) is 11.8 Å². The molecule has 0 bridgehead atoms. The van der Waals surface area contributed by atoms with Crippen LogP contribution in [0.4, 0.5) is 13.2 Å². The van der Waals surface area contributed by atoms with Crippen molar-refractivity contribution < 1.29 is 13.2 Å². The first kappa shape index (κ1) is 15.4. The Morgan fingerprint density at radius 2 is 1.94 bits per heavy atom. The van der Waals surface area contributed by atoms with Crippen molar-refractivity contribution in [2.24, 2.45) is 0 Å². The molecule has 5 heteroatoms. The van der Waals surface area contributed by atoms with E-state index < -0.39 is 17.5 Å². The van der Waals surface area contributed by atoms with E-state index in [1.165, 1.54) is 6.07 Å². The lowest BCUT2D eigenvalue weighted by molar-refractivity contribution is 0.421. The van der Waals surface area contributed by atoms with E-state index in [2.05, 4.69) is 5.32 Å². The lowest BCUT2D eigenvalue weighted by Gasteiger charge is -2.19. The van der Waals surface area contributed by atoms with Crippen LogP contribution in [0, 0.1) is 17.5 Å². The fourth-order valence-electron chi connectivity index (χ4n) is 1.73. The molecular weight excluding hydrogens is 259 g/mol. The average Bonchev–Trinajstić information content (AvgIpc) is 2.37. The van der Waals surface area contributed by atoms with E-state index in [0.717, 1.165) is 24.8 Å². The summed E-state index contributed by atoms with van der Waals surface area (Å²) in [5, 5.41) is 3.17. The van der Waals surface area contributed by atoms with Crippen molar-refractivity contribution in [3.8, 4) is 0 Å². The van der Waals surface area contributed by atoms with Crippen molar-refractivity contribution in [1.82, 2.24) is 5.32 Å². The number of benzene rings is 1. The van der Waals surface area contributed by atoms with Gasteiger partial charge in [0, 0.05) is 11.6 Å². The van der Waals surface area contributed by atoms with Gasteiger partial charge in [0.1, 0.15) is 0 Å². The van der Waals surface area contributed by atoms with Crippen LogP contribution in [0.3, 0.4) is 0 Å². The Balaban J connectivity index is 2.93. The van der Waals surface area contributed by atoms with Gasteiger partial charge in [0.25, 0.3) is 0 Å². The van der Waals surface area contributed by atoms with Crippen molar-refractivity contribution >= 4 is 11.8 Å². The first-order valence-corrected chi connectivity index (χ1v) is 7.36. The van der Waals surface area contributed by atoms with Crippen molar-refractivity contribution in [1.29, 1.82) is 0 Å². The van der Waals surface area contributed by atoms with Gasteiger partial charge in [-0.05, 0) is 37.5 Å². The predicted octanol–water partition coefficient (Wildman–Crippen LogP) is 3.90. The number of thioether (sulfide) groups is 1. The molecule has 0 amide bonds. The van der Waals surface area contributed by atoms with E-state index in [0.29, 0.717) is 6.42 Å². The standard InChI is InChI=1S/C13H18F3NS/c1-3-7-17-11(6-8-18-2)9-4-5-10(14)13(16)12(9)15/h4-5,11,17H,3,6-8H2,1-2H3. The summed E-state index contributed by atoms with van der Waals surface area (Å²) in [6.07, 6.45) is 3.54. The molecule has 1 rings (SSSR count). The first-order chi connectivity index (χ1) is 8.61. The second-order valence-corrected chi connectivity index (χ2v) is 5.04. The third kappa shape index (κ3) is 3.92. The maximum atomic E-state index is 13.7. The molecule has 1 N–H and O–H groups in total. The molecule has 1 aromatic rings. The summed E-state index contributed by atoms with van der Waals surface area (Å²) in [6.45, 7) is 2.72. The normalized spacial score (nSPS) is 12.7. The maximum Gasteiger partial charge on any atom is 0.194 e. The summed E-state index contributed by atoms with van der Waals surface area (Å²) in [4.78, 5) is 0. The summed E-state index contributed by atoms with van der Waals surface area (Å²) in [5.74, 6) is -2.78. The highest BCUT2D eigenvalue weighted by Gasteiger charge is 2.20. The van der Waals surface area contributed by atoms with Crippen molar-refractivity contribution in [3.05, 3.63) is 35.1 Å². The fourth-order valence-corrected chi connectivity index (χ4v) is 2.20. The van der Waals surface area contributed by atoms with Gasteiger partial charge in [-0.1, -0.05) is 13.0 Å². The van der Waals surface area contributed by atoms with Gasteiger partial charge in [0.2, 0.25) is 0 Å². The molecule has 1 atom stereocenters. The maximum absolute atomic E-state index is 13.7. The Kier molecular flexibility index (Phi) is 6.57. The third-order valence-corrected chi connectivity index (χ3v) is 3.34. The number of nitrogens with one attached hydrogen (secondary N) is 1. The summed E-state index contributed by atoms with van der Waals surface area (Å²) < 4.78 is 39.8. The molecule has 1 unspecified atom stereocenters. The molecule has 0 aromatic heterocycles. The largest absolute Gasteiger partial charge is 0.310 e. The lowest BCUT2D eigenvalue weighted by atomic mass is 10.0. The van der Waals surface area contributed by atoms with Crippen LogP contribution in [0.5, 0.6) is 0 Å². The van der Waals surface area contributed by atoms with Crippen molar-refractivity contribution in [3.63, 3.8) is 0 Å². The highest BCUT2D eigenvalue weighted by molar-refractivity contribution is 7.98. The predicted molar refractivity (Wildman–Crippen MR) is 70.3 cm³/mol. The van der Waals surface area contributed by atoms with Crippen LogP contribution in [0.25, 0.3) is 0 Å². The molecule has 1 nitrogen and oxygen atoms in total. The topological polar surface area (TPSA) is 12.0 Å². The first-order valence-electron chi connectivity index (χ1n) is 5.97. The van der Waals surface area contributed by atoms with Crippen LogP contribution in [-0.4, -0.2) is 18.6 Å². The molecular formula is C13H18F3NS. The van der Waals surface area contributed by atoms with E-state index in [4.69, 9.17) is 0 Å². The zero-order valence-corrected chi connectivity index (χ0v) is 11.4. The van der Waals surface area contributed by atoms with Gasteiger partial charge in [-0.25, -0.2) is 13.2 Å². The highest BCUT2D eigenvalue weighted by Crippen LogP contribution is 2.24. The molecule has 18 heavy (non-hydrogen) atoms. The lowest BCUT2D eigenvalue weighted by Crippen LogP contribution is -2.24. The van der Waals surface area contributed by atoms with Crippen LogP contribution >= 0.6 is 11.8 Å². The summed E-state index contributed by atoms with van der Waals surface area (Å²) in [6, 6.07) is 2.03. The summed E-state index contributed by atoms with van der Waals surface area (Å²) in [7, 11) is 0. The molecule has 0 aliphatic rings. The fraction of sp³-hybridized carbons (Fsp3) is 0.538. The molecule has 1 aromatic carbocycles. The van der Waals surface area contributed by atoms with E-state index in [-0.39, 0.29) is 11.6 Å². The van der Waals surface area contributed by atoms with Crippen LogP contribution in [0.15, 0.2) is 12.1 Å². The minimum Gasteiger partial charge on any atom is -0.310 e. The van der Waals surface area contributed by atoms with Crippen LogP contribution in [0.1, 0.15) is 31.4 Å². The number of hydrogen-bond donors (Lipinski definition) is 1. The Morgan fingerprint density at radius 1 is 1.22 bits per heavy atom. The minimum absolute atomic E-state index is 0.205. The van der Waals surface area contributed by atoms with Crippen LogP contribution in [0.2, 0.25) is 0 Å². The Morgan fingerprint density at radius 3 is 2.56 bits per heavy atom. The zero-order chi connectivity index (χ0) is 13.5. The molecule has 0 aliphatic carbocycles. The van der Waals surface area contributed by atoms with E-state index in [1.807, 2.05) is 13.2 Å². The minimum atomic E-state index is -1.39. The third-order valence-electron chi connectivity index (χ3n) is 2.69. The molecule has 0 saturated carbocycles. The molecule has 0 radical (unpaired) electrons. The van der Waals surface area contributed by atoms with Gasteiger partial charge in [-0.3, -0.25) is 0 Å².